The van der Waals surface area contributed by atoms with Crippen LogP contribution in [0.5, 0.6) is 5.75 Å². The van der Waals surface area contributed by atoms with Crippen molar-refractivity contribution >= 4 is 21.8 Å². The monoisotopic (exact) mass is 323 g/mol. The normalized spacial score (nSPS) is 10.2. The summed E-state index contributed by atoms with van der Waals surface area (Å²) in [4.78, 5) is 11.5. The summed E-state index contributed by atoms with van der Waals surface area (Å²) < 4.78 is 11.9. The molecule has 1 N–H and O–H groups in total. The molecule has 0 aliphatic carbocycles. The lowest BCUT2D eigenvalue weighted by atomic mass is 10.3. The Balaban J connectivity index is 1.93. The summed E-state index contributed by atoms with van der Waals surface area (Å²) in [6, 6.07) is 10.9. The lowest BCUT2D eigenvalue weighted by molar-refractivity contribution is 0.0924. The van der Waals surface area contributed by atoms with Crippen LogP contribution in [0.2, 0.25) is 0 Å². The van der Waals surface area contributed by atoms with Gasteiger partial charge in [-0.3, -0.25) is 4.79 Å². The molecule has 4 nitrogen and oxygen atoms in total. The van der Waals surface area contributed by atoms with Crippen molar-refractivity contribution in [3.63, 3.8) is 0 Å². The van der Waals surface area contributed by atoms with Crippen LogP contribution in [0.3, 0.4) is 0 Å². The highest BCUT2D eigenvalue weighted by molar-refractivity contribution is 9.10. The highest BCUT2D eigenvalue weighted by Gasteiger charge is 2.10. The van der Waals surface area contributed by atoms with Gasteiger partial charge >= 0.3 is 0 Å². The van der Waals surface area contributed by atoms with Crippen molar-refractivity contribution in [2.24, 2.45) is 0 Å². The predicted molar refractivity (Wildman–Crippen MR) is 75.2 cm³/mol. The van der Waals surface area contributed by atoms with E-state index in [9.17, 15) is 4.79 Å². The maximum Gasteiger partial charge on any atom is 0.286 e. The number of ether oxygens (including phenoxy) is 1. The Morgan fingerprint density at radius 1 is 1.26 bits per heavy atom. The average molecular weight is 324 g/mol. The summed E-state index contributed by atoms with van der Waals surface area (Å²) in [5.41, 5.74) is 0. The Kier molecular flexibility index (Phi) is 4.63. The summed E-state index contributed by atoms with van der Waals surface area (Å²) in [7, 11) is 0. The number of rotatable bonds is 5. The van der Waals surface area contributed by atoms with Gasteiger partial charge in [0.2, 0.25) is 0 Å². The highest BCUT2D eigenvalue weighted by atomic mass is 79.9. The predicted octanol–water partition coefficient (Wildman–Crippen LogP) is 3.37. The van der Waals surface area contributed by atoms with E-state index in [4.69, 9.17) is 9.15 Å². The van der Waals surface area contributed by atoms with E-state index in [-0.39, 0.29) is 5.91 Å². The van der Waals surface area contributed by atoms with Crippen LogP contribution in [-0.2, 0) is 6.61 Å². The van der Waals surface area contributed by atoms with Crippen molar-refractivity contribution in [3.8, 4) is 5.75 Å². The van der Waals surface area contributed by atoms with Gasteiger partial charge in [0.05, 0.1) is 0 Å². The van der Waals surface area contributed by atoms with Crippen LogP contribution in [-0.4, -0.2) is 12.5 Å². The Hall–Kier alpha value is -1.75. The Morgan fingerprint density at radius 2 is 2.00 bits per heavy atom. The second-order valence-corrected chi connectivity index (χ2v) is 4.78. The first-order chi connectivity index (χ1) is 9.19. The second-order valence-electron chi connectivity index (χ2n) is 3.87. The van der Waals surface area contributed by atoms with Gasteiger partial charge in [0.15, 0.2) is 5.76 Å². The van der Waals surface area contributed by atoms with Crippen molar-refractivity contribution in [2.45, 2.75) is 13.5 Å². The van der Waals surface area contributed by atoms with Crippen LogP contribution >= 0.6 is 15.9 Å². The molecule has 0 radical (unpaired) electrons. The minimum absolute atomic E-state index is 0.211. The molecule has 5 heteroatoms. The van der Waals surface area contributed by atoms with Crippen LogP contribution in [0, 0.1) is 0 Å². The van der Waals surface area contributed by atoms with Crippen LogP contribution < -0.4 is 10.1 Å². The molecule has 0 bridgehead atoms. The van der Waals surface area contributed by atoms with Gasteiger partial charge in [0, 0.05) is 11.0 Å². The molecular formula is C14H14BrNO3. The molecule has 0 fully saturated rings. The van der Waals surface area contributed by atoms with Crippen molar-refractivity contribution < 1.29 is 13.9 Å². The lowest BCUT2D eigenvalue weighted by Crippen LogP contribution is -2.21. The van der Waals surface area contributed by atoms with E-state index in [1.165, 1.54) is 0 Å². The standard InChI is InChI=1S/C14H14BrNO3/c1-2-16-14(17)13-8-7-12(19-13)9-18-11-5-3-10(15)4-6-11/h3-8H,2,9H2,1H3,(H,16,17). The zero-order valence-electron chi connectivity index (χ0n) is 10.5. The first kappa shape index (κ1) is 13.7. The van der Waals surface area contributed by atoms with E-state index >= 15 is 0 Å². The number of halogens is 1. The van der Waals surface area contributed by atoms with E-state index < -0.39 is 0 Å². The van der Waals surface area contributed by atoms with Gasteiger partial charge in [-0.15, -0.1) is 0 Å². The number of benzene rings is 1. The third-order valence-electron chi connectivity index (χ3n) is 2.42. The van der Waals surface area contributed by atoms with Gasteiger partial charge < -0.3 is 14.5 Å². The van der Waals surface area contributed by atoms with E-state index in [0.717, 1.165) is 10.2 Å². The van der Waals surface area contributed by atoms with Crippen molar-refractivity contribution in [1.82, 2.24) is 5.32 Å². The zero-order chi connectivity index (χ0) is 13.7. The molecule has 0 saturated heterocycles. The van der Waals surface area contributed by atoms with E-state index in [1.54, 1.807) is 12.1 Å². The number of furan rings is 1. The molecule has 0 saturated carbocycles. The quantitative estimate of drug-likeness (QED) is 0.917. The first-order valence-corrected chi connectivity index (χ1v) is 6.73. The zero-order valence-corrected chi connectivity index (χ0v) is 12.1. The van der Waals surface area contributed by atoms with Gasteiger partial charge in [-0.25, -0.2) is 0 Å². The number of carbonyl (C=O) groups excluding carboxylic acids is 1. The molecule has 1 aromatic heterocycles. The number of hydrogen-bond donors (Lipinski definition) is 1. The van der Waals surface area contributed by atoms with Crippen molar-refractivity contribution in [1.29, 1.82) is 0 Å². The Morgan fingerprint density at radius 3 is 2.68 bits per heavy atom. The first-order valence-electron chi connectivity index (χ1n) is 5.94. The molecule has 1 heterocycles. The topological polar surface area (TPSA) is 51.5 Å². The molecule has 2 rings (SSSR count). The number of carbonyl (C=O) groups is 1. The number of nitrogens with one attached hydrogen (secondary N) is 1. The molecule has 100 valence electrons. The summed E-state index contributed by atoms with van der Waals surface area (Å²) in [5, 5.41) is 2.68. The minimum Gasteiger partial charge on any atom is -0.486 e. The van der Waals surface area contributed by atoms with Crippen molar-refractivity contribution in [3.05, 3.63) is 52.4 Å². The van der Waals surface area contributed by atoms with Gasteiger partial charge in [0.25, 0.3) is 5.91 Å². The smallest absolute Gasteiger partial charge is 0.286 e. The van der Waals surface area contributed by atoms with Crippen LogP contribution in [0.4, 0.5) is 0 Å². The molecule has 0 aliphatic heterocycles. The number of hydrogen-bond acceptors (Lipinski definition) is 3. The molecule has 2 aromatic rings. The van der Waals surface area contributed by atoms with Gasteiger partial charge in [-0.2, -0.15) is 0 Å². The molecule has 0 aliphatic rings. The molecule has 19 heavy (non-hydrogen) atoms. The summed E-state index contributed by atoms with van der Waals surface area (Å²) in [6.45, 7) is 2.73. The van der Waals surface area contributed by atoms with Gasteiger partial charge in [0.1, 0.15) is 18.1 Å². The molecular weight excluding hydrogens is 310 g/mol. The maximum atomic E-state index is 11.5. The summed E-state index contributed by atoms with van der Waals surface area (Å²) >= 11 is 3.36. The average Bonchev–Trinajstić information content (AvgIpc) is 2.87. The van der Waals surface area contributed by atoms with Crippen LogP contribution in [0.15, 0.2) is 45.3 Å². The summed E-state index contributed by atoms with van der Waals surface area (Å²) in [6.07, 6.45) is 0. The molecule has 1 aromatic carbocycles. The lowest BCUT2D eigenvalue weighted by Gasteiger charge is -2.04. The maximum absolute atomic E-state index is 11.5. The molecule has 1 amide bonds. The Bertz CT molecular complexity index is 548. The minimum atomic E-state index is -0.211. The Labute approximate surface area is 119 Å². The van der Waals surface area contributed by atoms with E-state index in [0.29, 0.717) is 24.7 Å². The van der Waals surface area contributed by atoms with E-state index in [1.807, 2.05) is 31.2 Å². The highest BCUT2D eigenvalue weighted by Crippen LogP contribution is 2.18. The van der Waals surface area contributed by atoms with Gasteiger partial charge in [-0.05, 0) is 43.3 Å². The SMILES string of the molecule is CCNC(=O)c1ccc(COc2ccc(Br)cc2)o1. The fourth-order valence-corrected chi connectivity index (χ4v) is 1.77. The number of amides is 1. The largest absolute Gasteiger partial charge is 0.486 e. The third kappa shape index (κ3) is 3.86. The van der Waals surface area contributed by atoms with Gasteiger partial charge in [-0.1, -0.05) is 15.9 Å². The fourth-order valence-electron chi connectivity index (χ4n) is 1.51. The second kappa shape index (κ2) is 6.43. The van der Waals surface area contributed by atoms with Crippen molar-refractivity contribution in [2.75, 3.05) is 6.54 Å². The molecule has 0 unspecified atom stereocenters. The molecule has 0 spiro atoms. The fraction of sp³-hybridized carbons (Fsp3) is 0.214. The summed E-state index contributed by atoms with van der Waals surface area (Å²) in [5.74, 6) is 1.46. The third-order valence-corrected chi connectivity index (χ3v) is 2.95. The molecule has 0 atom stereocenters. The van der Waals surface area contributed by atoms with Crippen LogP contribution in [0.1, 0.15) is 23.2 Å². The van der Waals surface area contributed by atoms with E-state index in [2.05, 4.69) is 21.2 Å². The van der Waals surface area contributed by atoms with Crippen LogP contribution in [0.25, 0.3) is 0 Å².